The van der Waals surface area contributed by atoms with Gasteiger partial charge in [-0.1, -0.05) is 6.92 Å². The summed E-state index contributed by atoms with van der Waals surface area (Å²) >= 11 is 1.73. The van der Waals surface area contributed by atoms with Gasteiger partial charge in [-0.05, 0) is 12.7 Å². The molecule has 1 atom stereocenters. The van der Waals surface area contributed by atoms with Crippen LogP contribution in [-0.2, 0) is 9.53 Å². The number of hydrogen-bond acceptors (Lipinski definition) is 4. The quantitative estimate of drug-likeness (QED) is 0.681. The van der Waals surface area contributed by atoms with Crippen LogP contribution in [0.2, 0.25) is 0 Å². The highest BCUT2D eigenvalue weighted by molar-refractivity contribution is 7.99. The zero-order valence-electron chi connectivity index (χ0n) is 11.4. The highest BCUT2D eigenvalue weighted by Gasteiger charge is 2.41. The van der Waals surface area contributed by atoms with Crippen molar-refractivity contribution in [2.45, 2.75) is 38.3 Å². The van der Waals surface area contributed by atoms with Crippen LogP contribution in [0.4, 0.5) is 4.79 Å². The van der Waals surface area contributed by atoms with Crippen LogP contribution in [0.15, 0.2) is 0 Å². The van der Waals surface area contributed by atoms with Crippen molar-refractivity contribution in [1.29, 1.82) is 0 Å². The largest absolute Gasteiger partial charge is 0.480 e. The van der Waals surface area contributed by atoms with Gasteiger partial charge < -0.3 is 20.5 Å². The Kier molecular flexibility index (Phi) is 6.44. The summed E-state index contributed by atoms with van der Waals surface area (Å²) in [5.41, 5.74) is -1.19. The highest BCUT2D eigenvalue weighted by Crippen LogP contribution is 2.21. The summed E-state index contributed by atoms with van der Waals surface area (Å²) in [5.74, 6) is 0.804. The fourth-order valence-corrected chi connectivity index (χ4v) is 2.60. The molecule has 1 aliphatic rings. The Morgan fingerprint density at radius 1 is 1.42 bits per heavy atom. The summed E-state index contributed by atoms with van der Waals surface area (Å²) in [4.78, 5) is 23.2. The normalized spacial score (nSPS) is 19.5. The van der Waals surface area contributed by atoms with E-state index in [1.165, 1.54) is 0 Å². The molecule has 6 nitrogen and oxygen atoms in total. The number of hydrogen-bond donors (Lipinski definition) is 3. The van der Waals surface area contributed by atoms with Crippen molar-refractivity contribution in [3.63, 3.8) is 0 Å². The van der Waals surface area contributed by atoms with Crippen LogP contribution in [0.5, 0.6) is 0 Å². The molecule has 19 heavy (non-hydrogen) atoms. The van der Waals surface area contributed by atoms with E-state index in [1.807, 2.05) is 6.92 Å². The zero-order chi connectivity index (χ0) is 14.3. The average Bonchev–Trinajstić information content (AvgIpc) is 2.37. The van der Waals surface area contributed by atoms with Crippen molar-refractivity contribution in [1.82, 2.24) is 10.6 Å². The third-order valence-corrected chi connectivity index (χ3v) is 4.20. The molecule has 1 aliphatic heterocycles. The SMILES string of the molecule is CCSCC(C)NC(=O)NC1(C(=O)O)CCOCC1. The summed E-state index contributed by atoms with van der Waals surface area (Å²) in [6.07, 6.45) is 0.599. The molecule has 1 heterocycles. The van der Waals surface area contributed by atoms with Gasteiger partial charge in [0.2, 0.25) is 0 Å². The first-order chi connectivity index (χ1) is 9.00. The molecule has 0 aromatic rings. The van der Waals surface area contributed by atoms with E-state index in [2.05, 4.69) is 17.6 Å². The molecule has 0 radical (unpaired) electrons. The van der Waals surface area contributed by atoms with Gasteiger partial charge in [0.15, 0.2) is 0 Å². The van der Waals surface area contributed by atoms with Crippen LogP contribution in [0, 0.1) is 0 Å². The predicted octanol–water partition coefficient (Wildman–Crippen LogP) is 1.06. The van der Waals surface area contributed by atoms with Crippen LogP contribution in [0.1, 0.15) is 26.7 Å². The molecule has 0 aromatic heterocycles. The van der Waals surface area contributed by atoms with Crippen molar-refractivity contribution < 1.29 is 19.4 Å². The van der Waals surface area contributed by atoms with Gasteiger partial charge in [-0.15, -0.1) is 0 Å². The highest BCUT2D eigenvalue weighted by atomic mass is 32.2. The number of carbonyl (C=O) groups excluding carboxylic acids is 1. The fourth-order valence-electron chi connectivity index (χ4n) is 1.93. The van der Waals surface area contributed by atoms with Gasteiger partial charge in [0, 0.05) is 37.9 Å². The number of nitrogens with one attached hydrogen (secondary N) is 2. The number of carboxylic acid groups (broad SMARTS) is 1. The minimum Gasteiger partial charge on any atom is -0.480 e. The number of amides is 2. The first-order valence-electron chi connectivity index (χ1n) is 6.48. The lowest BCUT2D eigenvalue weighted by Crippen LogP contribution is -2.60. The standard InChI is InChI=1S/C12H22N2O4S/c1-3-19-8-9(2)13-11(17)14-12(10(15)16)4-6-18-7-5-12/h9H,3-8H2,1-2H3,(H,15,16)(H2,13,14,17). The lowest BCUT2D eigenvalue weighted by Gasteiger charge is -2.34. The number of carboxylic acids is 1. The number of thioether (sulfide) groups is 1. The van der Waals surface area contributed by atoms with Gasteiger partial charge in [-0.3, -0.25) is 0 Å². The second-order valence-electron chi connectivity index (χ2n) is 4.66. The van der Waals surface area contributed by atoms with Crippen molar-refractivity contribution in [3.05, 3.63) is 0 Å². The lowest BCUT2D eigenvalue weighted by atomic mass is 9.90. The molecule has 0 aromatic carbocycles. The molecule has 110 valence electrons. The second-order valence-corrected chi connectivity index (χ2v) is 5.98. The first-order valence-corrected chi connectivity index (χ1v) is 7.63. The summed E-state index contributed by atoms with van der Waals surface area (Å²) < 4.78 is 5.15. The maximum Gasteiger partial charge on any atom is 0.329 e. The van der Waals surface area contributed by atoms with E-state index in [4.69, 9.17) is 4.74 Å². The Morgan fingerprint density at radius 3 is 2.58 bits per heavy atom. The topological polar surface area (TPSA) is 87.7 Å². The van der Waals surface area contributed by atoms with Crippen molar-refractivity contribution >= 4 is 23.8 Å². The van der Waals surface area contributed by atoms with Gasteiger partial charge in [0.25, 0.3) is 0 Å². The molecular weight excluding hydrogens is 268 g/mol. The van der Waals surface area contributed by atoms with Gasteiger partial charge in [-0.25, -0.2) is 9.59 Å². The number of rotatable bonds is 6. The van der Waals surface area contributed by atoms with E-state index >= 15 is 0 Å². The smallest absolute Gasteiger partial charge is 0.329 e. The predicted molar refractivity (Wildman–Crippen MR) is 74.5 cm³/mol. The summed E-state index contributed by atoms with van der Waals surface area (Å²) in [6.45, 7) is 4.67. The third-order valence-electron chi connectivity index (χ3n) is 3.06. The van der Waals surface area contributed by atoms with E-state index in [0.717, 1.165) is 11.5 Å². The van der Waals surface area contributed by atoms with Gasteiger partial charge in [0.1, 0.15) is 5.54 Å². The molecule has 0 bridgehead atoms. The van der Waals surface area contributed by atoms with Gasteiger partial charge in [0.05, 0.1) is 0 Å². The van der Waals surface area contributed by atoms with Crippen LogP contribution in [-0.4, -0.2) is 53.4 Å². The van der Waals surface area contributed by atoms with Crippen molar-refractivity contribution in [3.8, 4) is 0 Å². The average molecular weight is 290 g/mol. The Balaban J connectivity index is 2.50. The summed E-state index contributed by atoms with van der Waals surface area (Å²) in [6, 6.07) is -0.413. The van der Waals surface area contributed by atoms with E-state index in [0.29, 0.717) is 26.1 Å². The summed E-state index contributed by atoms with van der Waals surface area (Å²) in [7, 11) is 0. The molecule has 0 saturated carbocycles. The minimum absolute atomic E-state index is 0.00985. The molecule has 1 saturated heterocycles. The molecular formula is C12H22N2O4S. The first kappa shape index (κ1) is 16.1. The lowest BCUT2D eigenvalue weighted by molar-refractivity contribution is -0.148. The molecule has 1 rings (SSSR count). The molecule has 2 amide bonds. The monoisotopic (exact) mass is 290 g/mol. The fraction of sp³-hybridized carbons (Fsp3) is 0.833. The van der Waals surface area contributed by atoms with Crippen LogP contribution < -0.4 is 10.6 Å². The third kappa shape index (κ3) is 4.91. The van der Waals surface area contributed by atoms with Crippen molar-refractivity contribution in [2.24, 2.45) is 0 Å². The minimum atomic E-state index is -1.19. The molecule has 1 fully saturated rings. The molecule has 0 aliphatic carbocycles. The maximum absolute atomic E-state index is 11.9. The Morgan fingerprint density at radius 2 is 2.05 bits per heavy atom. The summed E-state index contributed by atoms with van der Waals surface area (Å²) in [5, 5.41) is 14.7. The number of urea groups is 1. The molecule has 7 heteroatoms. The van der Waals surface area contributed by atoms with Gasteiger partial charge >= 0.3 is 12.0 Å². The van der Waals surface area contributed by atoms with Crippen LogP contribution in [0.3, 0.4) is 0 Å². The zero-order valence-corrected chi connectivity index (χ0v) is 12.2. The molecule has 3 N–H and O–H groups in total. The maximum atomic E-state index is 11.9. The van der Waals surface area contributed by atoms with E-state index in [9.17, 15) is 14.7 Å². The molecule has 0 spiro atoms. The van der Waals surface area contributed by atoms with Gasteiger partial charge in [-0.2, -0.15) is 11.8 Å². The van der Waals surface area contributed by atoms with Crippen LogP contribution in [0.25, 0.3) is 0 Å². The Hall–Kier alpha value is -0.950. The van der Waals surface area contributed by atoms with Crippen LogP contribution >= 0.6 is 11.8 Å². The van der Waals surface area contributed by atoms with E-state index in [-0.39, 0.29) is 6.04 Å². The molecule has 1 unspecified atom stereocenters. The second kappa shape index (κ2) is 7.59. The number of carbonyl (C=O) groups is 2. The van der Waals surface area contributed by atoms with E-state index in [1.54, 1.807) is 11.8 Å². The van der Waals surface area contributed by atoms with Crippen molar-refractivity contribution in [2.75, 3.05) is 24.7 Å². The number of ether oxygens (including phenoxy) is 1. The Labute approximate surface area is 117 Å². The number of aliphatic carboxylic acids is 1. The Bertz CT molecular complexity index is 319. The van der Waals surface area contributed by atoms with E-state index < -0.39 is 17.5 Å².